The van der Waals surface area contributed by atoms with Gasteiger partial charge in [-0.2, -0.15) is 0 Å². The van der Waals surface area contributed by atoms with E-state index in [0.717, 1.165) is 18.4 Å². The average molecular weight is 339 g/mol. The normalized spacial score (nSPS) is 23.4. The van der Waals surface area contributed by atoms with Crippen LogP contribution in [0.4, 0.5) is 5.69 Å². The molecule has 0 amide bonds. The van der Waals surface area contributed by atoms with E-state index in [1.165, 1.54) is 35.2 Å². The van der Waals surface area contributed by atoms with Gasteiger partial charge in [-0.3, -0.25) is 0 Å². The Labute approximate surface area is 132 Å². The zero-order valence-electron chi connectivity index (χ0n) is 13.1. The van der Waals surface area contributed by atoms with Crippen LogP contribution in [0, 0.1) is 11.8 Å². The molecule has 1 saturated heterocycles. The summed E-state index contributed by atoms with van der Waals surface area (Å²) in [5.41, 5.74) is 2.80. The van der Waals surface area contributed by atoms with Crippen molar-refractivity contribution in [1.82, 2.24) is 5.32 Å². The van der Waals surface area contributed by atoms with E-state index in [1.54, 1.807) is 0 Å². The lowest BCUT2D eigenvalue weighted by Crippen LogP contribution is -2.39. The number of benzene rings is 1. The zero-order valence-corrected chi connectivity index (χ0v) is 14.7. The highest BCUT2D eigenvalue weighted by Crippen LogP contribution is 2.30. The first kappa shape index (κ1) is 15.8. The monoisotopic (exact) mass is 338 g/mol. The molecule has 2 nitrogen and oxygen atoms in total. The minimum atomic E-state index is 0.515. The predicted molar refractivity (Wildman–Crippen MR) is 91.3 cm³/mol. The fraction of sp³-hybridized carbons (Fsp3) is 0.647. The topological polar surface area (TPSA) is 15.3 Å². The van der Waals surface area contributed by atoms with Gasteiger partial charge in [-0.05, 0) is 42.0 Å². The number of nitrogens with zero attached hydrogens (tertiary/aromatic N) is 1. The summed E-state index contributed by atoms with van der Waals surface area (Å²) in [6.07, 6.45) is 1.35. The van der Waals surface area contributed by atoms with Crippen molar-refractivity contribution in [3.63, 3.8) is 0 Å². The van der Waals surface area contributed by atoms with E-state index in [1.807, 2.05) is 0 Å². The highest BCUT2D eigenvalue weighted by molar-refractivity contribution is 9.10. The SMILES string of the molecule is CC1CC(C)CN(c2ccc(Br)cc2CNC(C)C)C1. The first-order chi connectivity index (χ1) is 9.45. The van der Waals surface area contributed by atoms with Gasteiger partial charge in [-0.15, -0.1) is 0 Å². The van der Waals surface area contributed by atoms with Gasteiger partial charge in [0.1, 0.15) is 0 Å². The molecule has 20 heavy (non-hydrogen) atoms. The Morgan fingerprint density at radius 2 is 1.90 bits per heavy atom. The van der Waals surface area contributed by atoms with Crippen molar-refractivity contribution in [3.8, 4) is 0 Å². The lowest BCUT2D eigenvalue weighted by Gasteiger charge is -2.37. The van der Waals surface area contributed by atoms with Crippen molar-refractivity contribution in [3.05, 3.63) is 28.2 Å². The van der Waals surface area contributed by atoms with E-state index in [4.69, 9.17) is 0 Å². The lowest BCUT2D eigenvalue weighted by atomic mass is 9.91. The molecule has 1 aromatic rings. The largest absolute Gasteiger partial charge is 0.371 e. The van der Waals surface area contributed by atoms with Crippen LogP contribution in [0.15, 0.2) is 22.7 Å². The third-order valence-electron chi connectivity index (χ3n) is 3.95. The lowest BCUT2D eigenvalue weighted by molar-refractivity contribution is 0.356. The maximum absolute atomic E-state index is 3.60. The van der Waals surface area contributed by atoms with Crippen molar-refractivity contribution in [2.75, 3.05) is 18.0 Å². The van der Waals surface area contributed by atoms with E-state index < -0.39 is 0 Å². The second-order valence-corrected chi connectivity index (χ2v) is 7.58. The molecule has 0 spiro atoms. The maximum atomic E-state index is 3.60. The number of anilines is 1. The minimum Gasteiger partial charge on any atom is -0.371 e. The second kappa shape index (κ2) is 6.95. The van der Waals surface area contributed by atoms with E-state index in [-0.39, 0.29) is 0 Å². The van der Waals surface area contributed by atoms with Crippen LogP contribution in [0.3, 0.4) is 0 Å². The summed E-state index contributed by atoms with van der Waals surface area (Å²) >= 11 is 3.60. The van der Waals surface area contributed by atoms with Crippen LogP contribution in [0.1, 0.15) is 39.7 Å². The highest BCUT2D eigenvalue weighted by Gasteiger charge is 2.23. The molecule has 1 heterocycles. The van der Waals surface area contributed by atoms with Gasteiger partial charge in [0.05, 0.1) is 0 Å². The highest BCUT2D eigenvalue weighted by atomic mass is 79.9. The van der Waals surface area contributed by atoms with E-state index in [2.05, 4.69) is 72.0 Å². The van der Waals surface area contributed by atoms with Crippen LogP contribution in [-0.2, 0) is 6.54 Å². The first-order valence-electron chi connectivity index (χ1n) is 7.72. The number of nitrogens with one attached hydrogen (secondary N) is 1. The number of rotatable bonds is 4. The number of hydrogen-bond acceptors (Lipinski definition) is 2. The molecule has 2 rings (SSSR count). The van der Waals surface area contributed by atoms with Gasteiger partial charge in [-0.25, -0.2) is 0 Å². The van der Waals surface area contributed by atoms with Crippen LogP contribution in [0.5, 0.6) is 0 Å². The van der Waals surface area contributed by atoms with Crippen LogP contribution >= 0.6 is 15.9 Å². The zero-order chi connectivity index (χ0) is 14.7. The quantitative estimate of drug-likeness (QED) is 0.873. The molecular formula is C17H27BrN2. The summed E-state index contributed by atoms with van der Waals surface area (Å²) in [6, 6.07) is 7.21. The Hall–Kier alpha value is -0.540. The van der Waals surface area contributed by atoms with E-state index in [9.17, 15) is 0 Å². The molecule has 1 N–H and O–H groups in total. The molecule has 0 radical (unpaired) electrons. The molecule has 0 aromatic heterocycles. The standard InChI is InChI=1S/C17H27BrN2/c1-12(2)19-9-15-8-16(18)5-6-17(15)20-10-13(3)7-14(4)11-20/h5-6,8,12-14,19H,7,9-11H2,1-4H3. The van der Waals surface area contributed by atoms with Gasteiger partial charge in [0.2, 0.25) is 0 Å². The van der Waals surface area contributed by atoms with Crippen molar-refractivity contribution in [1.29, 1.82) is 0 Å². The molecule has 2 atom stereocenters. The van der Waals surface area contributed by atoms with E-state index in [0.29, 0.717) is 6.04 Å². The Morgan fingerprint density at radius 1 is 1.25 bits per heavy atom. The Morgan fingerprint density at radius 3 is 2.50 bits per heavy atom. The Balaban J connectivity index is 2.21. The molecular weight excluding hydrogens is 312 g/mol. The summed E-state index contributed by atoms with van der Waals surface area (Å²) in [4.78, 5) is 2.57. The number of halogens is 1. The first-order valence-corrected chi connectivity index (χ1v) is 8.51. The molecule has 3 heteroatoms. The van der Waals surface area contributed by atoms with Crippen molar-refractivity contribution >= 4 is 21.6 Å². The predicted octanol–water partition coefficient (Wildman–Crippen LogP) is 4.43. The van der Waals surface area contributed by atoms with Gasteiger partial charge in [0, 0.05) is 35.8 Å². The summed E-state index contributed by atoms with van der Waals surface area (Å²) in [6.45, 7) is 12.4. The van der Waals surface area contributed by atoms with Crippen LogP contribution in [0.25, 0.3) is 0 Å². The second-order valence-electron chi connectivity index (χ2n) is 6.66. The molecule has 0 aliphatic carbocycles. The fourth-order valence-electron chi connectivity index (χ4n) is 3.18. The Bertz CT molecular complexity index is 435. The molecule has 2 unspecified atom stereocenters. The third kappa shape index (κ3) is 4.23. The molecule has 1 aromatic carbocycles. The summed E-state index contributed by atoms with van der Waals surface area (Å²) < 4.78 is 1.17. The van der Waals surface area contributed by atoms with Gasteiger partial charge in [-0.1, -0.05) is 43.6 Å². The minimum absolute atomic E-state index is 0.515. The molecule has 1 fully saturated rings. The van der Waals surface area contributed by atoms with Crippen LogP contribution < -0.4 is 10.2 Å². The molecule has 112 valence electrons. The fourth-order valence-corrected chi connectivity index (χ4v) is 3.59. The Kier molecular flexibility index (Phi) is 5.50. The summed E-state index contributed by atoms with van der Waals surface area (Å²) in [7, 11) is 0. The van der Waals surface area contributed by atoms with Crippen molar-refractivity contribution in [2.24, 2.45) is 11.8 Å². The van der Waals surface area contributed by atoms with Crippen molar-refractivity contribution in [2.45, 2.75) is 46.7 Å². The third-order valence-corrected chi connectivity index (χ3v) is 4.45. The number of hydrogen-bond donors (Lipinski definition) is 1. The molecule has 1 aliphatic heterocycles. The smallest absolute Gasteiger partial charge is 0.0412 e. The van der Waals surface area contributed by atoms with Gasteiger partial charge in [0.15, 0.2) is 0 Å². The van der Waals surface area contributed by atoms with Gasteiger partial charge < -0.3 is 10.2 Å². The average Bonchev–Trinajstić information content (AvgIpc) is 2.35. The van der Waals surface area contributed by atoms with E-state index >= 15 is 0 Å². The van der Waals surface area contributed by atoms with Crippen molar-refractivity contribution < 1.29 is 0 Å². The van der Waals surface area contributed by atoms with Gasteiger partial charge in [0.25, 0.3) is 0 Å². The van der Waals surface area contributed by atoms with Crippen LogP contribution in [-0.4, -0.2) is 19.1 Å². The van der Waals surface area contributed by atoms with Crippen LogP contribution in [0.2, 0.25) is 0 Å². The van der Waals surface area contributed by atoms with Gasteiger partial charge >= 0.3 is 0 Å². The maximum Gasteiger partial charge on any atom is 0.0412 e. The summed E-state index contributed by atoms with van der Waals surface area (Å²) in [5, 5.41) is 3.54. The molecule has 1 aliphatic rings. The number of piperidine rings is 1. The molecule has 0 saturated carbocycles. The molecule has 0 bridgehead atoms. The summed E-state index contributed by atoms with van der Waals surface area (Å²) in [5.74, 6) is 1.57.